The highest BCUT2D eigenvalue weighted by Crippen LogP contribution is 2.66. The number of benzene rings is 1. The van der Waals surface area contributed by atoms with Gasteiger partial charge in [0, 0.05) is 12.0 Å². The highest BCUT2D eigenvalue weighted by Gasteiger charge is 2.74. The summed E-state index contributed by atoms with van der Waals surface area (Å²) in [4.78, 5) is 14.7. The summed E-state index contributed by atoms with van der Waals surface area (Å²) in [6.45, 7) is 0.702. The Morgan fingerprint density at radius 2 is 2.17 bits per heavy atom. The van der Waals surface area contributed by atoms with Crippen molar-refractivity contribution in [2.24, 2.45) is 0 Å². The van der Waals surface area contributed by atoms with Crippen molar-refractivity contribution < 1.29 is 24.5 Å². The third-order valence-corrected chi connectivity index (χ3v) is 6.76. The topological polar surface area (TPSA) is 79.2 Å². The molecular formula is C18H21NO5. The summed E-state index contributed by atoms with van der Waals surface area (Å²) in [6, 6.07) is 3.19. The smallest absolute Gasteiger partial charge is 0.174 e. The van der Waals surface area contributed by atoms with Crippen LogP contribution in [0.25, 0.3) is 0 Å². The van der Waals surface area contributed by atoms with Gasteiger partial charge in [-0.05, 0) is 38.1 Å². The fourth-order valence-electron chi connectivity index (χ4n) is 5.78. The Morgan fingerprint density at radius 1 is 1.38 bits per heavy atom. The van der Waals surface area contributed by atoms with Crippen molar-refractivity contribution >= 4 is 5.78 Å². The predicted octanol–water partition coefficient (Wildman–Crippen LogP) is 0.539. The maximum absolute atomic E-state index is 12.7. The minimum absolute atomic E-state index is 0.0311. The Morgan fingerprint density at radius 3 is 2.92 bits per heavy atom. The van der Waals surface area contributed by atoms with Gasteiger partial charge >= 0.3 is 0 Å². The number of aliphatic hydroxyl groups excluding tert-OH is 1. The monoisotopic (exact) mass is 331 g/mol. The van der Waals surface area contributed by atoms with Crippen molar-refractivity contribution in [3.8, 4) is 11.5 Å². The summed E-state index contributed by atoms with van der Waals surface area (Å²) < 4.78 is 11.5. The van der Waals surface area contributed by atoms with E-state index in [1.807, 2.05) is 18.0 Å². The van der Waals surface area contributed by atoms with Gasteiger partial charge in [-0.15, -0.1) is 0 Å². The Hall–Kier alpha value is -1.63. The van der Waals surface area contributed by atoms with Gasteiger partial charge in [0.2, 0.25) is 0 Å². The third kappa shape index (κ3) is 1.31. The van der Waals surface area contributed by atoms with Gasteiger partial charge in [0.25, 0.3) is 0 Å². The molecule has 4 aliphatic rings. The summed E-state index contributed by atoms with van der Waals surface area (Å²) in [5, 5.41) is 22.8. The van der Waals surface area contributed by atoms with E-state index in [2.05, 4.69) is 0 Å². The fourth-order valence-corrected chi connectivity index (χ4v) is 5.78. The summed E-state index contributed by atoms with van der Waals surface area (Å²) in [5.41, 5.74) is -0.413. The second-order valence-corrected chi connectivity index (χ2v) is 7.54. The van der Waals surface area contributed by atoms with Crippen LogP contribution in [0.5, 0.6) is 11.5 Å². The Labute approximate surface area is 140 Å². The lowest BCUT2D eigenvalue weighted by atomic mass is 9.48. The maximum Gasteiger partial charge on any atom is 0.174 e. The molecule has 2 heterocycles. The van der Waals surface area contributed by atoms with E-state index in [9.17, 15) is 15.0 Å². The van der Waals surface area contributed by atoms with Crippen LogP contribution in [0, 0.1) is 0 Å². The lowest BCUT2D eigenvalue weighted by Gasteiger charge is -2.63. The van der Waals surface area contributed by atoms with E-state index in [0.29, 0.717) is 30.9 Å². The van der Waals surface area contributed by atoms with Crippen LogP contribution in [0.3, 0.4) is 0 Å². The summed E-state index contributed by atoms with van der Waals surface area (Å²) in [7, 11) is 3.49. The van der Waals surface area contributed by atoms with E-state index in [1.165, 1.54) is 0 Å². The van der Waals surface area contributed by atoms with Crippen LogP contribution in [0.2, 0.25) is 0 Å². The number of likely N-dealkylation sites (tertiary alicyclic amines) is 1. The van der Waals surface area contributed by atoms with E-state index in [4.69, 9.17) is 9.47 Å². The molecule has 2 aliphatic carbocycles. The van der Waals surface area contributed by atoms with Gasteiger partial charge in [0.05, 0.1) is 30.3 Å². The van der Waals surface area contributed by atoms with Crippen molar-refractivity contribution in [2.45, 2.75) is 48.5 Å². The Bertz CT molecular complexity index is 764. The number of hydrogen-bond donors (Lipinski definition) is 2. The van der Waals surface area contributed by atoms with Gasteiger partial charge in [-0.2, -0.15) is 0 Å². The molecule has 0 radical (unpaired) electrons. The summed E-state index contributed by atoms with van der Waals surface area (Å²) in [6.07, 6.45) is -0.250. The molecule has 6 nitrogen and oxygen atoms in total. The first-order chi connectivity index (χ1) is 11.5. The Kier molecular flexibility index (Phi) is 2.64. The number of Topliss-reactive ketones (excluding diaryl/α,β-unsaturated/α-hetero) is 1. The molecule has 2 bridgehead atoms. The number of aliphatic hydroxyl groups is 2. The molecule has 0 aromatic heterocycles. The first kappa shape index (κ1) is 14.7. The van der Waals surface area contributed by atoms with Gasteiger partial charge < -0.3 is 19.7 Å². The normalized spacial score (nSPS) is 42.5. The molecule has 128 valence electrons. The molecule has 1 spiro atoms. The van der Waals surface area contributed by atoms with Crippen molar-refractivity contribution in [3.63, 3.8) is 0 Å². The minimum atomic E-state index is -1.18. The quantitative estimate of drug-likeness (QED) is 0.782. The van der Waals surface area contributed by atoms with Crippen molar-refractivity contribution in [1.82, 2.24) is 4.90 Å². The number of rotatable bonds is 1. The van der Waals surface area contributed by atoms with Crippen LogP contribution < -0.4 is 9.47 Å². The number of ether oxygens (including phenoxy) is 2. The highest BCUT2D eigenvalue weighted by molar-refractivity contribution is 5.90. The van der Waals surface area contributed by atoms with E-state index in [0.717, 1.165) is 11.1 Å². The number of carbonyl (C=O) groups excluding carboxylic acids is 1. The first-order valence-electron chi connectivity index (χ1n) is 8.47. The third-order valence-electron chi connectivity index (χ3n) is 6.76. The number of piperidine rings is 1. The molecule has 2 aliphatic heterocycles. The Balaban J connectivity index is 1.89. The summed E-state index contributed by atoms with van der Waals surface area (Å²) in [5.74, 6) is 1.11. The zero-order valence-electron chi connectivity index (χ0n) is 13.8. The van der Waals surface area contributed by atoms with Gasteiger partial charge in [-0.25, -0.2) is 0 Å². The highest BCUT2D eigenvalue weighted by atomic mass is 16.5. The van der Waals surface area contributed by atoms with E-state index >= 15 is 0 Å². The second-order valence-electron chi connectivity index (χ2n) is 7.54. The summed E-state index contributed by atoms with van der Waals surface area (Å²) >= 11 is 0. The lowest BCUT2D eigenvalue weighted by molar-refractivity contribution is -0.206. The van der Waals surface area contributed by atoms with Gasteiger partial charge in [-0.3, -0.25) is 9.69 Å². The number of carbonyl (C=O) groups is 1. The molecule has 5 atom stereocenters. The van der Waals surface area contributed by atoms with Crippen molar-refractivity contribution in [2.75, 3.05) is 20.7 Å². The number of ketones is 1. The molecular weight excluding hydrogens is 310 g/mol. The van der Waals surface area contributed by atoms with Crippen molar-refractivity contribution in [1.29, 1.82) is 0 Å². The maximum atomic E-state index is 12.7. The van der Waals surface area contributed by atoms with Crippen LogP contribution in [0.1, 0.15) is 36.5 Å². The molecule has 2 fully saturated rings. The lowest BCUT2D eigenvalue weighted by Crippen LogP contribution is -2.76. The molecule has 1 aromatic carbocycles. The zero-order valence-corrected chi connectivity index (χ0v) is 13.8. The predicted molar refractivity (Wildman–Crippen MR) is 84.3 cm³/mol. The van der Waals surface area contributed by atoms with Crippen LogP contribution in [0.15, 0.2) is 12.1 Å². The average Bonchev–Trinajstić information content (AvgIpc) is 2.92. The molecule has 1 unspecified atom stereocenters. The molecule has 0 amide bonds. The minimum Gasteiger partial charge on any atom is -0.493 e. The molecule has 24 heavy (non-hydrogen) atoms. The standard InChI is InChI=1S/C18H21NO5/c1-19-8-7-17-12-9-3-4-11(23-2)14(12)24-16(17)10(20)5-6-18(17,22)15(19)13(9)21/h3-4,13,15-16,21-22H,5-8H2,1-2H3/t13?,15-,16+,17+,18-/m1/s1. The number of likely N-dealkylation sites (N-methyl/N-ethyl adjacent to an activating group) is 1. The SMILES string of the molecule is COc1ccc2c3c1O[C@H]1C(=O)CC[C@@]4(O)[C@@H](C2O)N(C)CC[C@]314. The molecule has 1 saturated heterocycles. The molecule has 1 saturated carbocycles. The second kappa shape index (κ2) is 4.31. The largest absolute Gasteiger partial charge is 0.493 e. The van der Waals surface area contributed by atoms with E-state index in [1.54, 1.807) is 13.2 Å². The zero-order chi connectivity index (χ0) is 16.9. The van der Waals surface area contributed by atoms with Crippen LogP contribution in [0.4, 0.5) is 0 Å². The molecule has 6 heteroatoms. The van der Waals surface area contributed by atoms with Gasteiger partial charge in [0.1, 0.15) is 0 Å². The number of methoxy groups -OCH3 is 1. The fraction of sp³-hybridized carbons (Fsp3) is 0.611. The number of hydrogen-bond acceptors (Lipinski definition) is 6. The van der Waals surface area contributed by atoms with Crippen LogP contribution in [-0.4, -0.2) is 59.3 Å². The first-order valence-corrected chi connectivity index (χ1v) is 8.47. The number of nitrogens with zero attached hydrogens (tertiary/aromatic N) is 1. The van der Waals surface area contributed by atoms with Gasteiger partial charge in [-0.1, -0.05) is 6.07 Å². The van der Waals surface area contributed by atoms with Crippen LogP contribution in [-0.2, 0) is 10.2 Å². The molecule has 2 N–H and O–H groups in total. The average molecular weight is 331 g/mol. The molecule has 1 aromatic rings. The van der Waals surface area contributed by atoms with Crippen LogP contribution >= 0.6 is 0 Å². The molecule has 5 rings (SSSR count). The van der Waals surface area contributed by atoms with E-state index < -0.39 is 29.3 Å². The van der Waals surface area contributed by atoms with Gasteiger partial charge in [0.15, 0.2) is 23.4 Å². The van der Waals surface area contributed by atoms with Crippen molar-refractivity contribution in [3.05, 3.63) is 23.3 Å². The van der Waals surface area contributed by atoms with E-state index in [-0.39, 0.29) is 12.2 Å².